The fraction of sp³-hybridized carbons (Fsp3) is 0.375. The molecule has 0 aliphatic heterocycles. The molecule has 0 unspecified atom stereocenters. The maximum Gasteiger partial charge on any atom is 0.235 e. The van der Waals surface area contributed by atoms with Crippen molar-refractivity contribution in [3.63, 3.8) is 0 Å². The Labute approximate surface area is 112 Å². The summed E-state index contributed by atoms with van der Waals surface area (Å²) in [6.07, 6.45) is 7.77. The van der Waals surface area contributed by atoms with E-state index in [1.807, 2.05) is 13.1 Å². The first-order valence-electron chi connectivity index (χ1n) is 6.69. The predicted octanol–water partition coefficient (Wildman–Crippen LogP) is 3.65. The van der Waals surface area contributed by atoms with E-state index in [9.17, 15) is 4.79 Å². The second-order valence-electron chi connectivity index (χ2n) is 5.33. The smallest absolute Gasteiger partial charge is 0.235 e. The van der Waals surface area contributed by atoms with Crippen molar-refractivity contribution in [2.75, 3.05) is 0 Å². The van der Waals surface area contributed by atoms with Crippen molar-refractivity contribution in [2.45, 2.75) is 38.1 Å². The van der Waals surface area contributed by atoms with Gasteiger partial charge in [-0.1, -0.05) is 25.0 Å². The first-order valence-corrected chi connectivity index (χ1v) is 6.69. The second-order valence-corrected chi connectivity index (χ2v) is 5.33. The number of aryl methyl sites for hydroxylation is 1. The van der Waals surface area contributed by atoms with Gasteiger partial charge >= 0.3 is 0 Å². The molecule has 1 heterocycles. The van der Waals surface area contributed by atoms with E-state index in [-0.39, 0.29) is 5.54 Å². The number of aliphatic imine (C=N–C) groups is 1. The predicted molar refractivity (Wildman–Crippen MR) is 74.7 cm³/mol. The highest BCUT2D eigenvalue weighted by molar-refractivity contribution is 5.83. The minimum absolute atomic E-state index is 0.346. The highest BCUT2D eigenvalue weighted by Gasteiger charge is 2.35. The van der Waals surface area contributed by atoms with Crippen LogP contribution in [0, 0.1) is 6.92 Å². The average Bonchev–Trinajstić information content (AvgIpc) is 2.88. The van der Waals surface area contributed by atoms with E-state index in [1.54, 1.807) is 6.08 Å². The van der Waals surface area contributed by atoms with Crippen molar-refractivity contribution >= 4 is 16.9 Å². The SMILES string of the molecule is Cc1cc2ccc(C3(N=C=O)CCCC3)cc2cn1. The largest absolute Gasteiger partial charge is 0.261 e. The Kier molecular flexibility index (Phi) is 2.92. The number of benzene rings is 1. The molecular formula is C16H16N2O. The molecule has 0 bridgehead atoms. The molecular weight excluding hydrogens is 236 g/mol. The maximum atomic E-state index is 10.7. The number of pyridine rings is 1. The lowest BCUT2D eigenvalue weighted by molar-refractivity contribution is 0.456. The molecule has 1 saturated carbocycles. The summed E-state index contributed by atoms with van der Waals surface area (Å²) in [6.45, 7) is 1.99. The van der Waals surface area contributed by atoms with Crippen LogP contribution in [-0.4, -0.2) is 11.1 Å². The van der Waals surface area contributed by atoms with Crippen molar-refractivity contribution in [1.29, 1.82) is 0 Å². The molecule has 3 heteroatoms. The summed E-state index contributed by atoms with van der Waals surface area (Å²) in [5.74, 6) is 0. The van der Waals surface area contributed by atoms with E-state index in [0.717, 1.165) is 42.3 Å². The number of fused-ring (bicyclic) bond motifs is 1. The Morgan fingerprint density at radius 3 is 2.74 bits per heavy atom. The quantitative estimate of drug-likeness (QED) is 0.604. The van der Waals surface area contributed by atoms with Crippen LogP contribution in [0.5, 0.6) is 0 Å². The number of carbonyl (C=O) groups excluding carboxylic acids is 1. The summed E-state index contributed by atoms with van der Waals surface area (Å²) in [6, 6.07) is 8.38. The summed E-state index contributed by atoms with van der Waals surface area (Å²) in [5.41, 5.74) is 1.79. The van der Waals surface area contributed by atoms with Crippen LogP contribution in [0.25, 0.3) is 10.8 Å². The van der Waals surface area contributed by atoms with Crippen molar-refractivity contribution in [3.8, 4) is 0 Å². The van der Waals surface area contributed by atoms with Crippen molar-refractivity contribution in [1.82, 2.24) is 4.98 Å². The van der Waals surface area contributed by atoms with Crippen LogP contribution in [-0.2, 0) is 10.3 Å². The molecule has 1 aliphatic rings. The summed E-state index contributed by atoms with van der Waals surface area (Å²) in [5, 5.41) is 2.29. The van der Waals surface area contributed by atoms with Gasteiger partial charge in [-0.3, -0.25) is 4.98 Å². The van der Waals surface area contributed by atoms with E-state index >= 15 is 0 Å². The zero-order valence-corrected chi connectivity index (χ0v) is 11.0. The van der Waals surface area contributed by atoms with Gasteiger partial charge in [0.1, 0.15) is 0 Å². The fourth-order valence-corrected chi connectivity index (χ4v) is 3.05. The molecule has 0 spiro atoms. The van der Waals surface area contributed by atoms with Gasteiger partial charge < -0.3 is 0 Å². The molecule has 0 radical (unpaired) electrons. The molecule has 0 N–H and O–H groups in total. The zero-order chi connectivity index (χ0) is 13.3. The van der Waals surface area contributed by atoms with Crippen LogP contribution in [0.3, 0.4) is 0 Å². The van der Waals surface area contributed by atoms with Gasteiger partial charge in [0.25, 0.3) is 0 Å². The Morgan fingerprint density at radius 1 is 1.21 bits per heavy atom. The summed E-state index contributed by atoms with van der Waals surface area (Å²) < 4.78 is 0. The average molecular weight is 252 g/mol. The molecule has 0 atom stereocenters. The molecule has 3 rings (SSSR count). The van der Waals surface area contributed by atoms with Crippen molar-refractivity contribution in [2.24, 2.45) is 4.99 Å². The molecule has 0 amide bonds. The Bertz CT molecular complexity index is 666. The minimum Gasteiger partial charge on any atom is -0.261 e. The fourth-order valence-electron chi connectivity index (χ4n) is 3.05. The molecule has 0 saturated heterocycles. The van der Waals surface area contributed by atoms with Gasteiger partial charge in [0.15, 0.2) is 0 Å². The molecule has 96 valence electrons. The Hall–Kier alpha value is -1.99. The van der Waals surface area contributed by atoms with Gasteiger partial charge in [-0.25, -0.2) is 4.79 Å². The van der Waals surface area contributed by atoms with E-state index in [1.165, 1.54) is 5.39 Å². The van der Waals surface area contributed by atoms with Crippen LogP contribution in [0.15, 0.2) is 35.5 Å². The van der Waals surface area contributed by atoms with Gasteiger partial charge in [0.05, 0.1) is 5.54 Å². The lowest BCUT2D eigenvalue weighted by Crippen LogP contribution is -2.18. The molecule has 3 nitrogen and oxygen atoms in total. The van der Waals surface area contributed by atoms with Gasteiger partial charge in [-0.2, -0.15) is 4.99 Å². The summed E-state index contributed by atoms with van der Waals surface area (Å²) in [7, 11) is 0. The lowest BCUT2D eigenvalue weighted by atomic mass is 9.88. The molecule has 1 aliphatic carbocycles. The summed E-state index contributed by atoms with van der Waals surface area (Å²) in [4.78, 5) is 19.2. The highest BCUT2D eigenvalue weighted by Crippen LogP contribution is 2.42. The molecule has 1 fully saturated rings. The van der Waals surface area contributed by atoms with Crippen LogP contribution < -0.4 is 0 Å². The van der Waals surface area contributed by atoms with Gasteiger partial charge in [-0.15, -0.1) is 0 Å². The van der Waals surface area contributed by atoms with E-state index in [4.69, 9.17) is 0 Å². The lowest BCUT2D eigenvalue weighted by Gasteiger charge is -2.23. The van der Waals surface area contributed by atoms with Crippen molar-refractivity contribution in [3.05, 3.63) is 41.7 Å². The van der Waals surface area contributed by atoms with E-state index in [2.05, 4.69) is 34.2 Å². The van der Waals surface area contributed by atoms with Crippen LogP contribution >= 0.6 is 0 Å². The van der Waals surface area contributed by atoms with E-state index in [0.29, 0.717) is 0 Å². The first kappa shape index (κ1) is 12.1. The number of aromatic nitrogens is 1. The Morgan fingerprint density at radius 2 is 2.00 bits per heavy atom. The molecule has 1 aromatic heterocycles. The number of hydrogen-bond donors (Lipinski definition) is 0. The van der Waals surface area contributed by atoms with Crippen LogP contribution in [0.4, 0.5) is 0 Å². The van der Waals surface area contributed by atoms with Crippen molar-refractivity contribution < 1.29 is 4.79 Å². The second kappa shape index (κ2) is 4.60. The number of nitrogens with zero attached hydrogens (tertiary/aromatic N) is 2. The van der Waals surface area contributed by atoms with E-state index < -0.39 is 0 Å². The standard InChI is InChI=1S/C16H16N2O/c1-12-8-13-4-5-15(9-14(13)10-17-12)16(18-11-19)6-2-3-7-16/h4-5,8-10H,2-3,6-7H2,1H3. The summed E-state index contributed by atoms with van der Waals surface area (Å²) >= 11 is 0. The monoisotopic (exact) mass is 252 g/mol. The zero-order valence-electron chi connectivity index (χ0n) is 11.0. The number of isocyanates is 1. The highest BCUT2D eigenvalue weighted by atomic mass is 16.1. The normalized spacial score (nSPS) is 17.3. The first-order chi connectivity index (χ1) is 9.23. The third kappa shape index (κ3) is 2.06. The van der Waals surface area contributed by atoms with Gasteiger partial charge in [-0.05, 0) is 42.8 Å². The molecule has 2 aromatic rings. The van der Waals surface area contributed by atoms with Gasteiger partial charge in [0.2, 0.25) is 6.08 Å². The molecule has 19 heavy (non-hydrogen) atoms. The number of hydrogen-bond acceptors (Lipinski definition) is 3. The minimum atomic E-state index is -0.346. The number of rotatable bonds is 2. The van der Waals surface area contributed by atoms with Crippen LogP contribution in [0.1, 0.15) is 36.9 Å². The third-order valence-corrected chi connectivity index (χ3v) is 4.09. The topological polar surface area (TPSA) is 42.3 Å². The maximum absolute atomic E-state index is 10.7. The Balaban J connectivity index is 2.14. The van der Waals surface area contributed by atoms with Gasteiger partial charge in [0, 0.05) is 17.3 Å². The molecule has 1 aromatic carbocycles. The third-order valence-electron chi connectivity index (χ3n) is 4.09. The van der Waals surface area contributed by atoms with Crippen LogP contribution in [0.2, 0.25) is 0 Å².